The molecule has 1 fully saturated rings. The van der Waals surface area contributed by atoms with Gasteiger partial charge in [-0.1, -0.05) is 0 Å². The third-order valence-corrected chi connectivity index (χ3v) is 2.06. The first kappa shape index (κ1) is 10.7. The molecule has 1 rings (SSSR count). The molecule has 0 aromatic rings. The van der Waals surface area contributed by atoms with Gasteiger partial charge in [0.15, 0.2) is 0 Å². The van der Waals surface area contributed by atoms with Crippen molar-refractivity contribution >= 4 is 12.1 Å². The fourth-order valence-electron chi connectivity index (χ4n) is 1.35. The number of isocyanates is 1. The van der Waals surface area contributed by atoms with E-state index < -0.39 is 0 Å². The first-order valence-corrected chi connectivity index (χ1v) is 4.61. The molecule has 2 amide bonds. The van der Waals surface area contributed by atoms with Crippen LogP contribution in [0.4, 0.5) is 4.79 Å². The molecule has 0 atom stereocenters. The Morgan fingerprint density at radius 2 is 2.21 bits per heavy atom. The molecule has 1 heterocycles. The lowest BCUT2D eigenvalue weighted by molar-refractivity contribution is 0.234. The van der Waals surface area contributed by atoms with Crippen LogP contribution in [0.1, 0.15) is 12.8 Å². The summed E-state index contributed by atoms with van der Waals surface area (Å²) in [5.41, 5.74) is 0. The summed E-state index contributed by atoms with van der Waals surface area (Å²) < 4.78 is 0. The average molecular weight is 198 g/mol. The van der Waals surface area contributed by atoms with Crippen LogP contribution < -0.4 is 16.0 Å². The van der Waals surface area contributed by atoms with Crippen LogP contribution in [0.15, 0.2) is 4.99 Å². The van der Waals surface area contributed by atoms with E-state index in [9.17, 15) is 9.59 Å². The van der Waals surface area contributed by atoms with Crippen molar-refractivity contribution in [3.63, 3.8) is 0 Å². The van der Waals surface area contributed by atoms with Crippen molar-refractivity contribution in [2.24, 2.45) is 4.99 Å². The van der Waals surface area contributed by atoms with Crippen molar-refractivity contribution in [1.82, 2.24) is 16.0 Å². The third kappa shape index (κ3) is 4.02. The number of hydrogen-bond donors (Lipinski definition) is 3. The molecule has 0 aromatic heterocycles. The second-order valence-corrected chi connectivity index (χ2v) is 3.08. The average Bonchev–Trinajstić information content (AvgIpc) is 2.20. The monoisotopic (exact) mass is 198 g/mol. The van der Waals surface area contributed by atoms with Crippen molar-refractivity contribution < 1.29 is 9.59 Å². The number of rotatable bonds is 3. The Kier molecular flexibility index (Phi) is 4.68. The van der Waals surface area contributed by atoms with Crippen molar-refractivity contribution in [2.45, 2.75) is 18.9 Å². The molecule has 0 spiro atoms. The first-order valence-electron chi connectivity index (χ1n) is 4.61. The molecule has 0 radical (unpaired) electrons. The van der Waals surface area contributed by atoms with E-state index >= 15 is 0 Å². The van der Waals surface area contributed by atoms with Crippen LogP contribution >= 0.6 is 0 Å². The molecule has 14 heavy (non-hydrogen) atoms. The maximum atomic E-state index is 11.2. The molecule has 1 aliphatic heterocycles. The van der Waals surface area contributed by atoms with Crippen molar-refractivity contribution in [3.8, 4) is 0 Å². The lowest BCUT2D eigenvalue weighted by Gasteiger charge is -2.23. The summed E-state index contributed by atoms with van der Waals surface area (Å²) in [5.74, 6) is 0. The Morgan fingerprint density at radius 1 is 1.50 bits per heavy atom. The molecule has 0 bridgehead atoms. The van der Waals surface area contributed by atoms with Crippen LogP contribution in [0, 0.1) is 0 Å². The highest BCUT2D eigenvalue weighted by molar-refractivity contribution is 5.74. The maximum Gasteiger partial charge on any atom is 0.316 e. The molecular weight excluding hydrogens is 184 g/mol. The van der Waals surface area contributed by atoms with Gasteiger partial charge in [0.25, 0.3) is 0 Å². The molecule has 3 N–H and O–H groups in total. The Bertz CT molecular complexity index is 231. The number of carbonyl (C=O) groups excluding carboxylic acids is 2. The summed E-state index contributed by atoms with van der Waals surface area (Å²) >= 11 is 0. The second-order valence-electron chi connectivity index (χ2n) is 3.08. The molecular formula is C8H14N4O2. The number of nitrogens with one attached hydrogen (secondary N) is 3. The second kappa shape index (κ2) is 6.12. The van der Waals surface area contributed by atoms with Crippen molar-refractivity contribution in [2.75, 3.05) is 19.8 Å². The van der Waals surface area contributed by atoms with Crippen LogP contribution in [-0.2, 0) is 4.79 Å². The number of carbonyl (C=O) groups is 1. The smallest absolute Gasteiger partial charge is 0.316 e. The fourth-order valence-corrected chi connectivity index (χ4v) is 1.35. The van der Waals surface area contributed by atoms with E-state index in [0.717, 1.165) is 25.9 Å². The lowest BCUT2D eigenvalue weighted by Crippen LogP contribution is -2.46. The highest BCUT2D eigenvalue weighted by Crippen LogP contribution is 2.00. The minimum Gasteiger partial charge on any atom is -0.335 e. The first-order chi connectivity index (χ1) is 6.83. The van der Waals surface area contributed by atoms with Crippen molar-refractivity contribution in [3.05, 3.63) is 0 Å². The number of nitrogens with zero attached hydrogens (tertiary/aromatic N) is 1. The van der Waals surface area contributed by atoms with E-state index in [-0.39, 0.29) is 18.7 Å². The van der Waals surface area contributed by atoms with Gasteiger partial charge in [0.05, 0.1) is 0 Å². The molecule has 1 aliphatic rings. The zero-order chi connectivity index (χ0) is 10.2. The van der Waals surface area contributed by atoms with E-state index in [0.29, 0.717) is 0 Å². The van der Waals surface area contributed by atoms with Crippen LogP contribution in [0.5, 0.6) is 0 Å². The Labute approximate surface area is 82.2 Å². The summed E-state index contributed by atoms with van der Waals surface area (Å²) in [6, 6.07) is -0.0626. The van der Waals surface area contributed by atoms with Crippen molar-refractivity contribution in [1.29, 1.82) is 0 Å². The van der Waals surface area contributed by atoms with E-state index in [1.807, 2.05) is 0 Å². The topological polar surface area (TPSA) is 82.6 Å². The number of urea groups is 1. The summed E-state index contributed by atoms with van der Waals surface area (Å²) in [4.78, 5) is 24.1. The van der Waals surface area contributed by atoms with Gasteiger partial charge < -0.3 is 16.0 Å². The fraction of sp³-hybridized carbons (Fsp3) is 0.750. The van der Waals surface area contributed by atoms with Crippen LogP contribution in [0.2, 0.25) is 0 Å². The van der Waals surface area contributed by atoms with Gasteiger partial charge >= 0.3 is 6.03 Å². The zero-order valence-corrected chi connectivity index (χ0v) is 7.88. The van der Waals surface area contributed by atoms with E-state index in [4.69, 9.17) is 0 Å². The molecule has 0 aliphatic carbocycles. The van der Waals surface area contributed by atoms with Gasteiger partial charge in [0.1, 0.15) is 6.67 Å². The minimum atomic E-state index is -0.282. The Hall–Kier alpha value is -1.39. The summed E-state index contributed by atoms with van der Waals surface area (Å²) in [6.45, 7) is 1.84. The van der Waals surface area contributed by atoms with Crippen LogP contribution in [0.25, 0.3) is 0 Å². The molecule has 6 nitrogen and oxygen atoms in total. The summed E-state index contributed by atoms with van der Waals surface area (Å²) in [7, 11) is 0. The van der Waals surface area contributed by atoms with Crippen LogP contribution in [-0.4, -0.2) is 37.9 Å². The Balaban J connectivity index is 2.15. The standard InChI is InChI=1S/C8H14N4O2/c13-6-10-5-11-8(14)12-7-1-3-9-4-2-7/h7,9H,1-5H2,(H2,11,12,14). The third-order valence-electron chi connectivity index (χ3n) is 2.06. The number of aliphatic imine (C=N–C) groups is 1. The number of piperidine rings is 1. The van der Waals surface area contributed by atoms with Gasteiger partial charge in [0.2, 0.25) is 6.08 Å². The molecule has 0 saturated carbocycles. The number of hydrogen-bond acceptors (Lipinski definition) is 4. The lowest BCUT2D eigenvalue weighted by atomic mass is 10.1. The zero-order valence-electron chi connectivity index (χ0n) is 7.88. The predicted octanol–water partition coefficient (Wildman–Crippen LogP) is -0.669. The molecule has 0 aromatic carbocycles. The van der Waals surface area contributed by atoms with E-state index in [2.05, 4.69) is 20.9 Å². The quantitative estimate of drug-likeness (QED) is 0.415. The summed E-state index contributed by atoms with van der Waals surface area (Å²) in [5, 5.41) is 8.43. The molecule has 1 saturated heterocycles. The molecule has 6 heteroatoms. The minimum absolute atomic E-state index is 0.0136. The van der Waals surface area contributed by atoms with E-state index in [1.54, 1.807) is 0 Å². The largest absolute Gasteiger partial charge is 0.335 e. The van der Waals surface area contributed by atoms with Gasteiger partial charge in [-0.25, -0.2) is 9.59 Å². The van der Waals surface area contributed by atoms with Gasteiger partial charge in [-0.15, -0.1) is 0 Å². The molecule has 78 valence electrons. The van der Waals surface area contributed by atoms with Gasteiger partial charge in [-0.3, -0.25) is 0 Å². The van der Waals surface area contributed by atoms with Gasteiger partial charge in [0, 0.05) is 6.04 Å². The normalized spacial score (nSPS) is 16.9. The summed E-state index contributed by atoms with van der Waals surface area (Å²) in [6.07, 6.45) is 3.22. The van der Waals surface area contributed by atoms with E-state index in [1.165, 1.54) is 6.08 Å². The predicted molar refractivity (Wildman–Crippen MR) is 50.5 cm³/mol. The van der Waals surface area contributed by atoms with Crippen LogP contribution in [0.3, 0.4) is 0 Å². The highest BCUT2D eigenvalue weighted by atomic mass is 16.2. The maximum absolute atomic E-state index is 11.2. The highest BCUT2D eigenvalue weighted by Gasteiger charge is 2.14. The number of amides is 2. The molecule has 0 unspecified atom stereocenters. The SMILES string of the molecule is O=C=NCNC(=O)NC1CCNCC1. The van der Waals surface area contributed by atoms with Gasteiger partial charge in [-0.2, -0.15) is 4.99 Å². The van der Waals surface area contributed by atoms with Gasteiger partial charge in [-0.05, 0) is 25.9 Å². The Morgan fingerprint density at radius 3 is 2.86 bits per heavy atom.